The van der Waals surface area contributed by atoms with Gasteiger partial charge in [0.15, 0.2) is 17.5 Å². The molecule has 14 nitrogen and oxygen atoms in total. The Morgan fingerprint density at radius 1 is 1.14 bits per heavy atom. The molecule has 5 atom stereocenters. The van der Waals surface area contributed by atoms with Crippen molar-refractivity contribution in [3.05, 3.63) is 72.6 Å². The van der Waals surface area contributed by atoms with E-state index in [0.29, 0.717) is 5.70 Å². The number of ether oxygens (including phenoxy) is 3. The van der Waals surface area contributed by atoms with E-state index < -0.39 is 58.2 Å². The highest BCUT2D eigenvalue weighted by Gasteiger charge is 2.62. The molecule has 1 unspecified atom stereocenters. The number of nitrogens with zero attached hydrogens (tertiary/aromatic N) is 2. The van der Waals surface area contributed by atoms with Crippen LogP contribution in [0.5, 0.6) is 0 Å². The van der Waals surface area contributed by atoms with E-state index >= 15 is 0 Å². The molecule has 3 aliphatic heterocycles. The molecule has 3 heterocycles. The third-order valence-electron chi connectivity index (χ3n) is 6.54. The SMILES string of the molecule is COC(=O)C1=C(C)NC(C)=C(C(=O)[C@@]2(O)CO[C@@H]3[C@@H](O[N+](=O)[O-])CO[C@@H]32)C1c1ccccc1[N+](=O)[O-]. The summed E-state index contributed by atoms with van der Waals surface area (Å²) in [6.07, 6.45) is -3.58. The molecule has 0 spiro atoms. The van der Waals surface area contributed by atoms with Gasteiger partial charge >= 0.3 is 5.97 Å². The minimum atomic E-state index is -2.31. The highest BCUT2D eigenvalue weighted by molar-refractivity contribution is 6.08. The summed E-state index contributed by atoms with van der Waals surface area (Å²) >= 11 is 0. The first-order chi connectivity index (χ1) is 17.0. The van der Waals surface area contributed by atoms with Gasteiger partial charge in [-0.3, -0.25) is 14.9 Å². The first-order valence-electron chi connectivity index (χ1n) is 10.8. The van der Waals surface area contributed by atoms with E-state index in [2.05, 4.69) is 10.2 Å². The van der Waals surface area contributed by atoms with E-state index in [-0.39, 0.29) is 34.7 Å². The van der Waals surface area contributed by atoms with Crippen LogP contribution >= 0.6 is 0 Å². The molecule has 2 N–H and O–H groups in total. The number of esters is 1. The summed E-state index contributed by atoms with van der Waals surface area (Å²) in [6, 6.07) is 5.62. The molecule has 0 radical (unpaired) electrons. The van der Waals surface area contributed by atoms with Crippen LogP contribution in [0.4, 0.5) is 5.69 Å². The molecule has 4 rings (SSSR count). The first kappa shape index (κ1) is 25.2. The van der Waals surface area contributed by atoms with Gasteiger partial charge in [-0.1, -0.05) is 18.2 Å². The topological polar surface area (TPSA) is 190 Å². The maximum Gasteiger partial charge on any atom is 0.336 e. The molecule has 0 aliphatic carbocycles. The smallest absolute Gasteiger partial charge is 0.336 e. The Bertz CT molecular complexity index is 1210. The lowest BCUT2D eigenvalue weighted by molar-refractivity contribution is -0.769. The van der Waals surface area contributed by atoms with Crippen molar-refractivity contribution in [3.8, 4) is 0 Å². The molecular formula is C22H23N3O11. The molecule has 0 saturated carbocycles. The van der Waals surface area contributed by atoms with Crippen molar-refractivity contribution in [2.75, 3.05) is 20.3 Å². The Kier molecular flexibility index (Phi) is 6.51. The van der Waals surface area contributed by atoms with E-state index in [4.69, 9.17) is 14.2 Å². The van der Waals surface area contributed by atoms with E-state index in [9.17, 15) is 34.9 Å². The van der Waals surface area contributed by atoms with Gasteiger partial charge in [-0.2, -0.15) is 0 Å². The molecule has 3 aliphatic rings. The second-order valence-corrected chi connectivity index (χ2v) is 8.59. The molecule has 192 valence electrons. The zero-order valence-corrected chi connectivity index (χ0v) is 19.5. The van der Waals surface area contributed by atoms with Crippen LogP contribution in [0, 0.1) is 20.2 Å². The number of nitro benzene ring substituents is 1. The van der Waals surface area contributed by atoms with Crippen LogP contribution in [0.3, 0.4) is 0 Å². The van der Waals surface area contributed by atoms with Gasteiger partial charge in [0.25, 0.3) is 10.8 Å². The number of aliphatic hydroxyl groups is 1. The van der Waals surface area contributed by atoms with E-state index in [1.807, 2.05) is 0 Å². The molecule has 14 heteroatoms. The summed E-state index contributed by atoms with van der Waals surface area (Å²) in [4.78, 5) is 53.4. The Labute approximate surface area is 203 Å². The molecule has 36 heavy (non-hydrogen) atoms. The number of dihydropyridines is 1. The van der Waals surface area contributed by atoms with Crippen LogP contribution < -0.4 is 5.32 Å². The summed E-state index contributed by atoms with van der Waals surface area (Å²) in [5.74, 6) is -3.02. The monoisotopic (exact) mass is 505 g/mol. The number of nitro groups is 1. The maximum atomic E-state index is 14.0. The number of carbonyl (C=O) groups is 2. The van der Waals surface area contributed by atoms with Crippen molar-refractivity contribution in [1.82, 2.24) is 5.32 Å². The standard InChI is InChI=1S/C22H23N3O11/c1-10-15(19(26)22(28)9-35-18-14(36-25(31)32)8-34-20(18)22)17(16(11(2)23-10)21(27)33-3)12-6-4-5-7-13(12)24(29)30/h4-7,14,17-18,20,23,28H,8-9H2,1-3H3/t14-,17?,18+,20-,22-/m0/s1. The number of rotatable bonds is 7. The Morgan fingerprint density at radius 2 is 1.81 bits per heavy atom. The number of fused-ring (bicyclic) bond motifs is 1. The minimum absolute atomic E-state index is 0.0346. The van der Waals surface area contributed by atoms with Gasteiger partial charge in [0, 0.05) is 28.6 Å². The molecule has 1 aromatic rings. The number of methoxy groups -OCH3 is 1. The number of hydrogen-bond donors (Lipinski definition) is 2. The number of carbonyl (C=O) groups excluding carboxylic acids is 2. The number of allylic oxidation sites excluding steroid dienone is 2. The van der Waals surface area contributed by atoms with Crippen molar-refractivity contribution in [3.63, 3.8) is 0 Å². The Morgan fingerprint density at radius 3 is 2.44 bits per heavy atom. The van der Waals surface area contributed by atoms with Gasteiger partial charge in [0.2, 0.25) is 0 Å². The van der Waals surface area contributed by atoms with Crippen LogP contribution in [0.15, 0.2) is 46.8 Å². The predicted molar refractivity (Wildman–Crippen MR) is 118 cm³/mol. The first-order valence-corrected chi connectivity index (χ1v) is 10.8. The van der Waals surface area contributed by atoms with Gasteiger partial charge in [-0.15, -0.1) is 10.1 Å². The normalized spacial score (nSPS) is 29.4. The number of para-hydroxylation sites is 1. The van der Waals surface area contributed by atoms with Crippen LogP contribution in [0.1, 0.15) is 25.3 Å². The second kappa shape index (κ2) is 9.29. The summed E-state index contributed by atoms with van der Waals surface area (Å²) in [5.41, 5.74) is -2.27. The number of benzene rings is 1. The lowest BCUT2D eigenvalue weighted by Gasteiger charge is -2.34. The molecule has 2 saturated heterocycles. The average molecular weight is 505 g/mol. The fourth-order valence-electron chi connectivity index (χ4n) is 5.01. The van der Waals surface area contributed by atoms with E-state index in [1.165, 1.54) is 31.2 Å². The summed E-state index contributed by atoms with van der Waals surface area (Å²) in [5, 5.41) is 36.0. The lowest BCUT2D eigenvalue weighted by Crippen LogP contribution is -2.53. The van der Waals surface area contributed by atoms with Crippen molar-refractivity contribution in [2.45, 2.75) is 43.7 Å². The van der Waals surface area contributed by atoms with Gasteiger partial charge in [0.1, 0.15) is 12.2 Å². The number of nitrogens with one attached hydrogen (secondary N) is 1. The molecule has 2 fully saturated rings. The number of Topliss-reactive ketones (excluding diaryl/α,β-unsaturated/α-hetero) is 1. The maximum absolute atomic E-state index is 14.0. The quantitative estimate of drug-likeness (QED) is 0.300. The second-order valence-electron chi connectivity index (χ2n) is 8.59. The third-order valence-corrected chi connectivity index (χ3v) is 6.54. The zero-order valence-electron chi connectivity index (χ0n) is 19.5. The highest BCUT2D eigenvalue weighted by Crippen LogP contribution is 2.46. The molecular weight excluding hydrogens is 482 g/mol. The fourth-order valence-corrected chi connectivity index (χ4v) is 5.01. The Hall–Kier alpha value is -3.88. The summed E-state index contributed by atoms with van der Waals surface area (Å²) in [6.45, 7) is 2.21. The van der Waals surface area contributed by atoms with E-state index in [1.54, 1.807) is 6.92 Å². The largest absolute Gasteiger partial charge is 0.466 e. The summed E-state index contributed by atoms with van der Waals surface area (Å²) < 4.78 is 15.9. The van der Waals surface area contributed by atoms with Crippen LogP contribution in [-0.2, 0) is 28.6 Å². The van der Waals surface area contributed by atoms with Crippen molar-refractivity contribution in [1.29, 1.82) is 0 Å². The van der Waals surface area contributed by atoms with Gasteiger partial charge < -0.3 is 29.5 Å². The van der Waals surface area contributed by atoms with Crippen LogP contribution in [0.25, 0.3) is 0 Å². The van der Waals surface area contributed by atoms with Gasteiger partial charge in [0.05, 0.1) is 36.7 Å². The summed E-state index contributed by atoms with van der Waals surface area (Å²) in [7, 11) is 1.14. The zero-order chi connectivity index (χ0) is 26.4. The highest BCUT2D eigenvalue weighted by atomic mass is 17.0. The number of hydrogen-bond acceptors (Lipinski definition) is 12. The third kappa shape index (κ3) is 3.98. The minimum Gasteiger partial charge on any atom is -0.466 e. The van der Waals surface area contributed by atoms with Crippen molar-refractivity contribution in [2.24, 2.45) is 0 Å². The van der Waals surface area contributed by atoms with E-state index in [0.717, 1.165) is 7.11 Å². The molecule has 0 bridgehead atoms. The molecule has 0 amide bonds. The molecule has 0 aromatic heterocycles. The van der Waals surface area contributed by atoms with Gasteiger partial charge in [-0.05, 0) is 13.8 Å². The predicted octanol–water partition coefficient (Wildman–Crippen LogP) is 0.677. The fraction of sp³-hybridized carbons (Fsp3) is 0.455. The lowest BCUT2D eigenvalue weighted by atomic mass is 9.74. The van der Waals surface area contributed by atoms with Crippen LogP contribution in [-0.4, -0.2) is 71.1 Å². The van der Waals surface area contributed by atoms with Crippen molar-refractivity contribution >= 4 is 17.4 Å². The van der Waals surface area contributed by atoms with Gasteiger partial charge in [-0.25, -0.2) is 4.79 Å². The molecule has 1 aromatic carbocycles. The average Bonchev–Trinajstić information content (AvgIpc) is 3.39. The Balaban J connectivity index is 1.82. The van der Waals surface area contributed by atoms with Crippen LogP contribution in [0.2, 0.25) is 0 Å². The van der Waals surface area contributed by atoms with Crippen molar-refractivity contribution < 1.29 is 43.8 Å². The number of ketones is 1.